The Morgan fingerprint density at radius 2 is 1.97 bits per heavy atom. The topological polar surface area (TPSA) is 74.2 Å². The number of allylic oxidation sites excluding steroid dienone is 2. The molecule has 0 spiro atoms. The first-order valence-corrected chi connectivity index (χ1v) is 11.1. The van der Waals surface area contributed by atoms with Gasteiger partial charge in [0.05, 0.1) is 0 Å². The van der Waals surface area contributed by atoms with Crippen molar-refractivity contribution in [3.05, 3.63) is 78.0 Å². The van der Waals surface area contributed by atoms with Crippen molar-refractivity contribution in [2.24, 2.45) is 4.99 Å². The van der Waals surface area contributed by atoms with Crippen LogP contribution in [0.3, 0.4) is 0 Å². The van der Waals surface area contributed by atoms with Crippen molar-refractivity contribution in [2.75, 3.05) is 32.0 Å². The Morgan fingerprint density at radius 3 is 2.65 bits per heavy atom. The molecule has 0 bridgehead atoms. The lowest BCUT2D eigenvalue weighted by Gasteiger charge is -2.17. The smallest absolute Gasteiger partial charge is 0.129 e. The number of aliphatic imine (C=N–C) groups is 1. The molecule has 2 aromatic heterocycles. The van der Waals surface area contributed by atoms with Gasteiger partial charge in [-0.25, -0.2) is 9.98 Å². The second-order valence-corrected chi connectivity index (χ2v) is 6.64. The van der Waals surface area contributed by atoms with Crippen molar-refractivity contribution in [1.29, 1.82) is 0 Å². The van der Waals surface area contributed by atoms with E-state index in [1.54, 1.807) is 18.3 Å². The number of aryl methyl sites for hydroxylation is 1. The van der Waals surface area contributed by atoms with Gasteiger partial charge in [0.25, 0.3) is 0 Å². The van der Waals surface area contributed by atoms with Gasteiger partial charge in [0, 0.05) is 50.1 Å². The van der Waals surface area contributed by atoms with Crippen LogP contribution in [-0.4, -0.2) is 43.4 Å². The lowest BCUT2D eigenvalue weighted by molar-refractivity contribution is 0.766. The third-order valence-corrected chi connectivity index (χ3v) is 4.44. The maximum Gasteiger partial charge on any atom is 0.129 e. The summed E-state index contributed by atoms with van der Waals surface area (Å²) in [6.07, 6.45) is 9.52. The molecule has 2 aromatic rings. The van der Waals surface area contributed by atoms with Gasteiger partial charge in [-0.3, -0.25) is 4.98 Å². The fraction of sp³-hybridized carbons (Fsp3) is 0.400. The zero-order chi connectivity index (χ0) is 22.7. The van der Waals surface area contributed by atoms with Gasteiger partial charge in [-0.2, -0.15) is 0 Å². The van der Waals surface area contributed by atoms with Crippen molar-refractivity contribution >= 4 is 12.5 Å². The molecule has 0 unspecified atom stereocenters. The summed E-state index contributed by atoms with van der Waals surface area (Å²) in [5.41, 5.74) is 3.60. The lowest BCUT2D eigenvalue weighted by Crippen LogP contribution is -2.16. The molecule has 0 radical (unpaired) electrons. The summed E-state index contributed by atoms with van der Waals surface area (Å²) < 4.78 is 0. The summed E-state index contributed by atoms with van der Waals surface area (Å²) in [4.78, 5) is 12.6. The van der Waals surface area contributed by atoms with Crippen LogP contribution >= 0.6 is 0 Å². The van der Waals surface area contributed by atoms with Gasteiger partial charge < -0.3 is 16.0 Å². The van der Waals surface area contributed by atoms with Crippen molar-refractivity contribution < 1.29 is 0 Å². The van der Waals surface area contributed by atoms with Crippen molar-refractivity contribution in [3.63, 3.8) is 0 Å². The van der Waals surface area contributed by atoms with Gasteiger partial charge in [0.15, 0.2) is 0 Å². The number of likely N-dealkylation sites (N-methyl/N-ethyl adjacent to an activating group) is 1. The van der Waals surface area contributed by atoms with Crippen LogP contribution in [0, 0.1) is 0 Å². The van der Waals surface area contributed by atoms with Crippen LogP contribution in [0.2, 0.25) is 0 Å². The molecule has 0 saturated carbocycles. The van der Waals surface area contributed by atoms with Gasteiger partial charge >= 0.3 is 0 Å². The zero-order valence-electron chi connectivity index (χ0n) is 19.3. The van der Waals surface area contributed by atoms with Crippen LogP contribution in [0.4, 0.5) is 5.82 Å². The van der Waals surface area contributed by atoms with Crippen LogP contribution in [-0.2, 0) is 19.3 Å². The Morgan fingerprint density at radius 1 is 1.16 bits per heavy atom. The average molecular weight is 423 g/mol. The highest BCUT2D eigenvalue weighted by atomic mass is 15.0. The van der Waals surface area contributed by atoms with E-state index in [1.807, 2.05) is 39.1 Å². The van der Waals surface area contributed by atoms with Crippen molar-refractivity contribution in [3.8, 4) is 0 Å². The van der Waals surface area contributed by atoms with E-state index in [9.17, 15) is 0 Å². The van der Waals surface area contributed by atoms with Crippen molar-refractivity contribution in [1.82, 2.24) is 20.6 Å². The minimum atomic E-state index is 0.737. The maximum atomic E-state index is 4.60. The van der Waals surface area contributed by atoms with Gasteiger partial charge in [-0.15, -0.1) is 0 Å². The van der Waals surface area contributed by atoms with Crippen LogP contribution in [0.1, 0.15) is 37.2 Å². The minimum Gasteiger partial charge on any atom is -0.370 e. The van der Waals surface area contributed by atoms with E-state index in [4.69, 9.17) is 0 Å². The largest absolute Gasteiger partial charge is 0.370 e. The van der Waals surface area contributed by atoms with Crippen LogP contribution < -0.4 is 16.0 Å². The Kier molecular flexibility index (Phi) is 14.1. The number of pyridine rings is 2. The number of aromatic nitrogens is 2. The van der Waals surface area contributed by atoms with E-state index in [1.165, 1.54) is 24.1 Å². The lowest BCUT2D eigenvalue weighted by atomic mass is 10.1. The van der Waals surface area contributed by atoms with E-state index in [2.05, 4.69) is 56.3 Å². The summed E-state index contributed by atoms with van der Waals surface area (Å²) in [5, 5.41) is 9.62. The second kappa shape index (κ2) is 16.8. The average Bonchev–Trinajstić information content (AvgIpc) is 2.84. The molecule has 3 heterocycles. The summed E-state index contributed by atoms with van der Waals surface area (Å²) in [7, 11) is 1.97. The molecule has 6 heteroatoms. The normalized spacial score (nSPS) is 12.0. The molecule has 0 fully saturated rings. The number of nitrogens with one attached hydrogen (secondary N) is 3. The molecule has 31 heavy (non-hydrogen) atoms. The highest BCUT2D eigenvalue weighted by Gasteiger charge is 2.09. The molecule has 168 valence electrons. The summed E-state index contributed by atoms with van der Waals surface area (Å²) in [6.45, 7) is 13.9. The number of hydrogen-bond donors (Lipinski definition) is 3. The predicted molar refractivity (Wildman–Crippen MR) is 134 cm³/mol. The van der Waals surface area contributed by atoms with Gasteiger partial charge in [0.2, 0.25) is 0 Å². The molecule has 0 aliphatic carbocycles. The molecule has 0 aromatic carbocycles. The first-order chi connectivity index (χ1) is 15.3. The predicted octanol–water partition coefficient (Wildman–Crippen LogP) is 4.17. The molecule has 1 aliphatic rings. The molecule has 0 saturated heterocycles. The molecular weight excluding hydrogens is 384 g/mol. The second-order valence-electron chi connectivity index (χ2n) is 6.64. The fourth-order valence-electron chi connectivity index (χ4n) is 2.90. The van der Waals surface area contributed by atoms with Gasteiger partial charge in [0.1, 0.15) is 11.6 Å². The van der Waals surface area contributed by atoms with E-state index < -0.39 is 0 Å². The molecule has 1 aliphatic heterocycles. The highest BCUT2D eigenvalue weighted by molar-refractivity contribution is 5.47. The Labute approximate surface area is 188 Å². The molecular formula is C25H38N6. The van der Waals surface area contributed by atoms with Crippen LogP contribution in [0.15, 0.2) is 66.1 Å². The zero-order valence-corrected chi connectivity index (χ0v) is 19.3. The summed E-state index contributed by atoms with van der Waals surface area (Å²) >= 11 is 0. The minimum absolute atomic E-state index is 0.737. The summed E-state index contributed by atoms with van der Waals surface area (Å²) in [6, 6.07) is 10.2. The Balaban J connectivity index is 0.000000287. The van der Waals surface area contributed by atoms with Crippen molar-refractivity contribution in [2.45, 2.75) is 39.5 Å². The van der Waals surface area contributed by atoms with Crippen LogP contribution in [0.5, 0.6) is 0 Å². The Hall–Kier alpha value is -2.99. The molecule has 3 N–H and O–H groups in total. The number of fused-ring (bicyclic) bond motifs is 1. The fourth-order valence-corrected chi connectivity index (χ4v) is 2.90. The number of nitrogens with zero attached hydrogens (tertiary/aromatic N) is 3. The standard InChI is InChI=1S/C12H15N3.C11H17N3.C2H6/c1-3-6-12(13-2)15-10-8-11-7-4-5-9-14-11;1-12-8-6-10-5-4-9-3-2-7-13-11(9)14-10;1-2/h3-7,9,15H,1-2,8,10H2;4-5,12H,2-3,6-8H2,1H3,(H,13,14);1-2H3/b12-6+;;. The van der Waals surface area contributed by atoms with Gasteiger partial charge in [-0.1, -0.05) is 38.6 Å². The third kappa shape index (κ3) is 10.6. The number of anilines is 1. The molecule has 0 atom stereocenters. The molecule has 3 rings (SSSR count). The highest BCUT2D eigenvalue weighted by Crippen LogP contribution is 2.19. The summed E-state index contributed by atoms with van der Waals surface area (Å²) in [5.74, 6) is 1.84. The molecule has 6 nitrogen and oxygen atoms in total. The first-order valence-electron chi connectivity index (χ1n) is 11.1. The van der Waals surface area contributed by atoms with Crippen LogP contribution in [0.25, 0.3) is 0 Å². The SMILES string of the molecule is C=C/C=C(\N=C)NCCc1ccccn1.CC.CNCCc1ccc2c(n1)NCCC2. The van der Waals surface area contributed by atoms with E-state index >= 15 is 0 Å². The quantitative estimate of drug-likeness (QED) is 0.418. The first kappa shape index (κ1) is 26.0. The molecule has 0 amide bonds. The maximum absolute atomic E-state index is 4.60. The third-order valence-electron chi connectivity index (χ3n) is 4.44. The van der Waals surface area contributed by atoms with E-state index in [0.29, 0.717) is 0 Å². The van der Waals surface area contributed by atoms with E-state index in [0.717, 1.165) is 49.8 Å². The number of hydrogen-bond acceptors (Lipinski definition) is 6. The van der Waals surface area contributed by atoms with Gasteiger partial charge in [-0.05, 0) is 56.4 Å². The van der Waals surface area contributed by atoms with E-state index in [-0.39, 0.29) is 0 Å². The monoisotopic (exact) mass is 422 g/mol. The number of rotatable bonds is 9. The Bertz CT molecular complexity index is 786.